The van der Waals surface area contributed by atoms with Crippen LogP contribution in [-0.4, -0.2) is 116 Å². The molecule has 3 heterocycles. The molecule has 3 aromatic rings. The van der Waals surface area contributed by atoms with Gasteiger partial charge in [0, 0.05) is 17.7 Å². The minimum atomic E-state index is -1.87. The van der Waals surface area contributed by atoms with Crippen LogP contribution < -0.4 is 14.9 Å². The molecule has 234 valence electrons. The van der Waals surface area contributed by atoms with Gasteiger partial charge in [0.2, 0.25) is 12.0 Å². The summed E-state index contributed by atoms with van der Waals surface area (Å²) in [6, 6.07) is 8.51. The number of aromatic hydroxyl groups is 2. The monoisotopic (exact) mass is 608 g/mol. The predicted molar refractivity (Wildman–Crippen MR) is 143 cm³/mol. The number of aliphatic hydroxyl groups is 6. The van der Waals surface area contributed by atoms with E-state index in [1.165, 1.54) is 14.0 Å². The average molecular weight is 609 g/mol. The Kier molecular flexibility index (Phi) is 8.80. The van der Waals surface area contributed by atoms with E-state index >= 15 is 0 Å². The second-order valence-corrected chi connectivity index (χ2v) is 10.3. The largest absolute Gasteiger partial charge is 0.507 e. The number of phenolic OH excluding ortho intramolecular Hbond substituents is 2. The van der Waals surface area contributed by atoms with Gasteiger partial charge in [-0.2, -0.15) is 0 Å². The van der Waals surface area contributed by atoms with E-state index in [1.54, 1.807) is 24.3 Å². The van der Waals surface area contributed by atoms with Gasteiger partial charge in [-0.25, -0.2) is 0 Å². The maximum atomic E-state index is 12.8. The number of rotatable bonds is 7. The maximum absolute atomic E-state index is 12.8. The number of ether oxygens (including phenoxy) is 5. The molecule has 2 aliphatic rings. The van der Waals surface area contributed by atoms with Gasteiger partial charge in [-0.1, -0.05) is 0 Å². The highest BCUT2D eigenvalue weighted by molar-refractivity contribution is 5.91. The van der Waals surface area contributed by atoms with Crippen LogP contribution in [0, 0.1) is 0 Å². The molecule has 1 aromatic heterocycles. The van der Waals surface area contributed by atoms with Crippen molar-refractivity contribution in [2.24, 2.45) is 0 Å². The zero-order valence-electron chi connectivity index (χ0n) is 22.9. The molecular formula is C28H32O15. The number of phenols is 2. The van der Waals surface area contributed by atoms with Crippen molar-refractivity contribution in [3.8, 4) is 34.3 Å². The molecule has 0 saturated carbocycles. The van der Waals surface area contributed by atoms with Crippen LogP contribution in [0.2, 0.25) is 0 Å². The highest BCUT2D eigenvalue weighted by Crippen LogP contribution is 2.41. The van der Waals surface area contributed by atoms with E-state index in [1.807, 2.05) is 0 Å². The molecule has 0 aliphatic carbocycles. The number of hydrogen-bond donors (Lipinski definition) is 8. The molecule has 0 amide bonds. The molecular weight excluding hydrogens is 576 g/mol. The van der Waals surface area contributed by atoms with Crippen LogP contribution in [0.4, 0.5) is 0 Å². The van der Waals surface area contributed by atoms with Crippen molar-refractivity contribution in [1.29, 1.82) is 0 Å². The van der Waals surface area contributed by atoms with Gasteiger partial charge in [0.1, 0.15) is 65.4 Å². The molecule has 2 saturated heterocycles. The summed E-state index contributed by atoms with van der Waals surface area (Å²) in [6.07, 6.45) is -15.5. The Hall–Kier alpha value is -3.51. The van der Waals surface area contributed by atoms with Crippen LogP contribution in [0.1, 0.15) is 6.92 Å². The van der Waals surface area contributed by atoms with Gasteiger partial charge in [-0.3, -0.25) is 4.79 Å². The van der Waals surface area contributed by atoms with E-state index in [4.69, 9.17) is 28.1 Å². The topological polar surface area (TPSA) is 238 Å². The van der Waals surface area contributed by atoms with Gasteiger partial charge < -0.3 is 69.0 Å². The third-order valence-corrected chi connectivity index (χ3v) is 7.44. The quantitative estimate of drug-likeness (QED) is 0.149. The summed E-state index contributed by atoms with van der Waals surface area (Å²) >= 11 is 0. The van der Waals surface area contributed by atoms with E-state index in [0.29, 0.717) is 11.3 Å². The normalized spacial score (nSPS) is 32.9. The summed E-state index contributed by atoms with van der Waals surface area (Å²) in [5.74, 6) is -1.25. The second kappa shape index (κ2) is 12.2. The summed E-state index contributed by atoms with van der Waals surface area (Å²) in [7, 11) is 1.49. The smallest absolute Gasteiger partial charge is 0.229 e. The van der Waals surface area contributed by atoms with Crippen molar-refractivity contribution in [2.45, 2.75) is 68.3 Å². The van der Waals surface area contributed by atoms with Crippen LogP contribution in [0.3, 0.4) is 0 Å². The number of fused-ring (bicyclic) bond motifs is 1. The number of aliphatic hydroxyl groups excluding tert-OH is 6. The first-order chi connectivity index (χ1) is 20.4. The fraction of sp³-hybridized carbons (Fsp3) is 0.464. The molecule has 2 fully saturated rings. The minimum Gasteiger partial charge on any atom is -0.507 e. The lowest BCUT2D eigenvalue weighted by atomic mass is 9.98. The summed E-state index contributed by atoms with van der Waals surface area (Å²) in [4.78, 5) is 12.8. The van der Waals surface area contributed by atoms with Gasteiger partial charge in [-0.15, -0.1) is 0 Å². The Labute approximate surface area is 243 Å². The molecule has 10 atom stereocenters. The van der Waals surface area contributed by atoms with Crippen LogP contribution in [-0.2, 0) is 14.2 Å². The predicted octanol–water partition coefficient (Wildman–Crippen LogP) is -1.09. The van der Waals surface area contributed by atoms with Crippen molar-refractivity contribution in [1.82, 2.24) is 0 Å². The molecule has 0 bridgehead atoms. The molecule has 2 aliphatic heterocycles. The summed E-state index contributed by atoms with van der Waals surface area (Å²) in [5.41, 5.74) is -0.646. The molecule has 8 N–H and O–H groups in total. The maximum Gasteiger partial charge on any atom is 0.229 e. The Morgan fingerprint density at radius 1 is 0.814 bits per heavy atom. The SMILES string of the molecule is COc1ccc(-c2cc(=O)c3c(O)cc(O[C@@H]4O[C@H](CO[C@@H]5O[C@@H](C)[C@H](O)[C@@H](O)[C@H]5O)[C@@H](O)[C@H](O)[C@H]4O)c(O)c3o2)cc1. The molecule has 15 heteroatoms. The highest BCUT2D eigenvalue weighted by Gasteiger charge is 2.47. The van der Waals surface area contributed by atoms with Gasteiger partial charge in [-0.05, 0) is 31.2 Å². The van der Waals surface area contributed by atoms with Crippen molar-refractivity contribution in [3.63, 3.8) is 0 Å². The minimum absolute atomic E-state index is 0.0517. The number of methoxy groups -OCH3 is 1. The third-order valence-electron chi connectivity index (χ3n) is 7.44. The lowest BCUT2D eigenvalue weighted by Crippen LogP contribution is -2.61. The van der Waals surface area contributed by atoms with Crippen LogP contribution in [0.25, 0.3) is 22.3 Å². The molecule has 15 nitrogen and oxygen atoms in total. The number of benzene rings is 2. The first-order valence-corrected chi connectivity index (χ1v) is 13.3. The first-order valence-electron chi connectivity index (χ1n) is 13.3. The molecule has 43 heavy (non-hydrogen) atoms. The van der Waals surface area contributed by atoms with Crippen molar-refractivity contribution in [2.75, 3.05) is 13.7 Å². The Balaban J connectivity index is 1.39. The lowest BCUT2D eigenvalue weighted by Gasteiger charge is -2.42. The lowest BCUT2D eigenvalue weighted by molar-refractivity contribution is -0.318. The summed E-state index contributed by atoms with van der Waals surface area (Å²) in [6.45, 7) is 0.899. The first kappa shape index (κ1) is 30.9. The van der Waals surface area contributed by atoms with Crippen LogP contribution in [0.5, 0.6) is 23.0 Å². The second-order valence-electron chi connectivity index (χ2n) is 10.3. The number of hydrogen-bond acceptors (Lipinski definition) is 15. The Morgan fingerprint density at radius 3 is 2.14 bits per heavy atom. The zero-order valence-corrected chi connectivity index (χ0v) is 22.9. The Bertz CT molecular complexity index is 1490. The fourth-order valence-corrected chi connectivity index (χ4v) is 4.88. The molecule has 0 spiro atoms. The standard InChI is InChI=1S/C28H32O15/c1-10-19(31)22(34)24(36)27(40-10)39-9-17-20(32)23(35)25(37)28(43-17)42-16-8-14(30)18-13(29)7-15(41-26(18)21(16)33)11-3-5-12(38-2)6-4-11/h3-8,10,17,19-20,22-25,27-28,30-37H,9H2,1-2H3/t10-,17+,19-,20+,22+,23-,24+,25+,27+,28+/m0/s1. The van der Waals surface area contributed by atoms with Crippen LogP contribution >= 0.6 is 0 Å². The highest BCUT2D eigenvalue weighted by atomic mass is 16.7. The zero-order chi connectivity index (χ0) is 31.2. The van der Waals surface area contributed by atoms with E-state index in [9.17, 15) is 45.6 Å². The van der Waals surface area contributed by atoms with E-state index < -0.39 is 96.3 Å². The van der Waals surface area contributed by atoms with Crippen molar-refractivity contribution in [3.05, 3.63) is 46.6 Å². The van der Waals surface area contributed by atoms with Gasteiger partial charge in [0.15, 0.2) is 23.1 Å². The van der Waals surface area contributed by atoms with Gasteiger partial charge >= 0.3 is 0 Å². The van der Waals surface area contributed by atoms with Crippen molar-refractivity contribution < 1.29 is 69.0 Å². The van der Waals surface area contributed by atoms with E-state index in [-0.39, 0.29) is 11.1 Å². The molecule has 0 radical (unpaired) electrons. The third kappa shape index (κ3) is 5.86. The Morgan fingerprint density at radius 2 is 1.47 bits per heavy atom. The van der Waals surface area contributed by atoms with Gasteiger partial charge in [0.05, 0.1) is 19.8 Å². The van der Waals surface area contributed by atoms with Crippen LogP contribution in [0.15, 0.2) is 45.6 Å². The van der Waals surface area contributed by atoms with Crippen molar-refractivity contribution >= 4 is 11.0 Å². The fourth-order valence-electron chi connectivity index (χ4n) is 4.88. The van der Waals surface area contributed by atoms with E-state index in [0.717, 1.165) is 12.1 Å². The van der Waals surface area contributed by atoms with Gasteiger partial charge in [0.25, 0.3) is 0 Å². The summed E-state index contributed by atoms with van der Waals surface area (Å²) in [5, 5.41) is 82.7. The average Bonchev–Trinajstić information content (AvgIpc) is 3.00. The van der Waals surface area contributed by atoms with E-state index in [2.05, 4.69) is 0 Å². The molecule has 0 unspecified atom stereocenters. The molecule has 5 rings (SSSR count). The molecule has 2 aromatic carbocycles. The summed E-state index contributed by atoms with van der Waals surface area (Å²) < 4.78 is 32.8.